The van der Waals surface area contributed by atoms with Crippen LogP contribution < -0.4 is 10.1 Å². The smallest absolute Gasteiger partial charge is 0.341 e. The number of nitrogens with one attached hydrogen (secondary N) is 1. The van der Waals surface area contributed by atoms with Gasteiger partial charge in [-0.1, -0.05) is 60.7 Å². The Morgan fingerprint density at radius 1 is 0.933 bits per heavy atom. The van der Waals surface area contributed by atoms with Gasteiger partial charge in [-0.25, -0.2) is 4.79 Å². The van der Waals surface area contributed by atoms with Crippen molar-refractivity contribution in [2.45, 2.75) is 0 Å². The quantitative estimate of drug-likeness (QED) is 0.428. The Hall–Kier alpha value is -3.64. The summed E-state index contributed by atoms with van der Waals surface area (Å²) in [7, 11) is 1.32. The minimum absolute atomic E-state index is 0.169. The molecule has 0 aliphatic rings. The lowest BCUT2D eigenvalue weighted by Crippen LogP contribution is -2.21. The van der Waals surface area contributed by atoms with Gasteiger partial charge in [0.1, 0.15) is 16.3 Å². The number of ether oxygens (including phenoxy) is 2. The lowest BCUT2D eigenvalue weighted by atomic mass is 10.0. The maximum atomic E-state index is 12.5. The van der Waals surface area contributed by atoms with Crippen LogP contribution in [0, 0.1) is 0 Å². The molecule has 0 fully saturated rings. The number of methoxy groups -OCH3 is 1. The van der Waals surface area contributed by atoms with Gasteiger partial charge in [0.2, 0.25) is 0 Å². The van der Waals surface area contributed by atoms with Crippen molar-refractivity contribution in [2.24, 2.45) is 0 Å². The van der Waals surface area contributed by atoms with Crippen LogP contribution in [0.25, 0.3) is 21.9 Å². The number of thiophene rings is 1. The number of benzene rings is 3. The van der Waals surface area contributed by atoms with E-state index in [0.717, 1.165) is 21.9 Å². The summed E-state index contributed by atoms with van der Waals surface area (Å²) in [5.41, 5.74) is 1.94. The van der Waals surface area contributed by atoms with Gasteiger partial charge in [-0.2, -0.15) is 0 Å². The molecule has 0 bridgehead atoms. The molecule has 0 unspecified atom stereocenters. The van der Waals surface area contributed by atoms with E-state index in [-0.39, 0.29) is 12.5 Å². The molecule has 6 heteroatoms. The Morgan fingerprint density at radius 3 is 2.43 bits per heavy atom. The van der Waals surface area contributed by atoms with Crippen LogP contribution in [-0.2, 0) is 9.53 Å². The molecule has 1 amide bonds. The predicted octanol–water partition coefficient (Wildman–Crippen LogP) is 5.37. The summed E-state index contributed by atoms with van der Waals surface area (Å²) >= 11 is 1.28. The zero-order chi connectivity index (χ0) is 20.9. The van der Waals surface area contributed by atoms with Crippen LogP contribution in [0.15, 0.2) is 78.2 Å². The first-order chi connectivity index (χ1) is 14.7. The molecule has 0 aliphatic carbocycles. The van der Waals surface area contributed by atoms with Crippen molar-refractivity contribution in [1.82, 2.24) is 0 Å². The van der Waals surface area contributed by atoms with Gasteiger partial charge in [-0.15, -0.1) is 11.3 Å². The molecule has 4 rings (SSSR count). The first kappa shape index (κ1) is 19.7. The zero-order valence-electron chi connectivity index (χ0n) is 16.3. The summed E-state index contributed by atoms with van der Waals surface area (Å²) in [6.07, 6.45) is 0. The van der Waals surface area contributed by atoms with Crippen LogP contribution in [0.2, 0.25) is 0 Å². The molecule has 0 saturated carbocycles. The van der Waals surface area contributed by atoms with Gasteiger partial charge in [0.25, 0.3) is 5.91 Å². The molecule has 0 radical (unpaired) electrons. The number of rotatable bonds is 6. The Bertz CT molecular complexity index is 1200. The number of fused-ring (bicyclic) bond motifs is 1. The average molecular weight is 417 g/mol. The minimum atomic E-state index is -0.499. The standard InChI is InChI=1S/C24H19NO4S/c1-28-24(27)22-20(17-8-3-2-4-9-17)15-30-23(22)25-21(26)14-29-19-12-11-16-7-5-6-10-18(16)13-19/h2-13,15H,14H2,1H3,(H,25,26). The third kappa shape index (κ3) is 4.18. The van der Waals surface area contributed by atoms with Gasteiger partial charge in [0.05, 0.1) is 7.11 Å². The summed E-state index contributed by atoms with van der Waals surface area (Å²) in [6.45, 7) is -0.169. The van der Waals surface area contributed by atoms with Crippen LogP contribution in [0.3, 0.4) is 0 Å². The number of carbonyl (C=O) groups excluding carboxylic acids is 2. The topological polar surface area (TPSA) is 64.6 Å². The maximum Gasteiger partial charge on any atom is 0.341 e. The Balaban J connectivity index is 1.49. The van der Waals surface area contributed by atoms with Crippen LogP contribution in [-0.4, -0.2) is 25.6 Å². The molecule has 0 saturated heterocycles. The van der Waals surface area contributed by atoms with Crippen molar-refractivity contribution in [1.29, 1.82) is 0 Å². The third-order valence-corrected chi connectivity index (χ3v) is 5.50. The zero-order valence-corrected chi connectivity index (χ0v) is 17.1. The number of esters is 1. The van der Waals surface area contributed by atoms with Gasteiger partial charge in [-0.05, 0) is 28.5 Å². The minimum Gasteiger partial charge on any atom is -0.484 e. The second-order valence-electron chi connectivity index (χ2n) is 6.56. The summed E-state index contributed by atoms with van der Waals surface area (Å²) in [5, 5.41) is 7.19. The van der Waals surface area contributed by atoms with E-state index >= 15 is 0 Å². The molecule has 0 aliphatic heterocycles. The predicted molar refractivity (Wildman–Crippen MR) is 119 cm³/mol. The first-order valence-electron chi connectivity index (χ1n) is 9.32. The van der Waals surface area contributed by atoms with Crippen LogP contribution in [0.1, 0.15) is 10.4 Å². The highest BCUT2D eigenvalue weighted by molar-refractivity contribution is 7.15. The maximum absolute atomic E-state index is 12.5. The Labute approximate surface area is 177 Å². The lowest BCUT2D eigenvalue weighted by Gasteiger charge is -2.09. The van der Waals surface area contributed by atoms with Crippen molar-refractivity contribution >= 4 is 39.0 Å². The highest BCUT2D eigenvalue weighted by Gasteiger charge is 2.22. The lowest BCUT2D eigenvalue weighted by molar-refractivity contribution is -0.118. The highest BCUT2D eigenvalue weighted by atomic mass is 32.1. The molecule has 4 aromatic rings. The number of amides is 1. The molecule has 5 nitrogen and oxygen atoms in total. The number of anilines is 1. The van der Waals surface area contributed by atoms with Crippen molar-refractivity contribution in [3.8, 4) is 16.9 Å². The van der Waals surface area contributed by atoms with Crippen LogP contribution in [0.5, 0.6) is 5.75 Å². The Morgan fingerprint density at radius 2 is 1.67 bits per heavy atom. The molecule has 1 aromatic heterocycles. The fraction of sp³-hybridized carbons (Fsp3) is 0.0833. The van der Waals surface area contributed by atoms with Crippen molar-refractivity contribution in [3.05, 3.63) is 83.7 Å². The van der Waals surface area contributed by atoms with Gasteiger partial charge in [-0.3, -0.25) is 4.79 Å². The highest BCUT2D eigenvalue weighted by Crippen LogP contribution is 2.36. The van der Waals surface area contributed by atoms with E-state index in [0.29, 0.717) is 16.3 Å². The molecule has 150 valence electrons. The largest absolute Gasteiger partial charge is 0.484 e. The second kappa shape index (κ2) is 8.80. The van der Waals surface area contributed by atoms with E-state index in [9.17, 15) is 9.59 Å². The summed E-state index contributed by atoms with van der Waals surface area (Å²) in [5.74, 6) is -0.246. The van der Waals surface area contributed by atoms with Gasteiger partial charge >= 0.3 is 5.97 Å². The van der Waals surface area contributed by atoms with Gasteiger partial charge in [0, 0.05) is 10.9 Å². The Kier molecular flexibility index (Phi) is 5.77. The fourth-order valence-corrected chi connectivity index (χ4v) is 4.13. The van der Waals surface area contributed by atoms with E-state index in [1.165, 1.54) is 18.4 Å². The monoisotopic (exact) mass is 417 g/mol. The molecular formula is C24H19NO4S. The molecule has 0 spiro atoms. The van der Waals surface area contributed by atoms with E-state index in [2.05, 4.69) is 5.32 Å². The SMILES string of the molecule is COC(=O)c1c(-c2ccccc2)csc1NC(=O)COc1ccc2ccccc2c1. The van der Waals surface area contributed by atoms with E-state index < -0.39 is 5.97 Å². The van der Waals surface area contributed by atoms with Crippen molar-refractivity contribution in [2.75, 3.05) is 19.0 Å². The first-order valence-corrected chi connectivity index (χ1v) is 10.2. The third-order valence-electron chi connectivity index (χ3n) is 4.61. The van der Waals surface area contributed by atoms with Crippen LogP contribution in [0.4, 0.5) is 5.00 Å². The number of hydrogen-bond donors (Lipinski definition) is 1. The molecule has 1 N–H and O–H groups in total. The van der Waals surface area contributed by atoms with Gasteiger partial charge < -0.3 is 14.8 Å². The second-order valence-corrected chi connectivity index (χ2v) is 7.44. The van der Waals surface area contributed by atoms with Crippen molar-refractivity contribution in [3.63, 3.8) is 0 Å². The van der Waals surface area contributed by atoms with E-state index in [1.807, 2.05) is 78.2 Å². The average Bonchev–Trinajstić information content (AvgIpc) is 3.21. The summed E-state index contributed by atoms with van der Waals surface area (Å²) < 4.78 is 10.6. The molecule has 0 atom stereocenters. The normalized spacial score (nSPS) is 10.6. The molecular weight excluding hydrogens is 398 g/mol. The summed E-state index contributed by atoms with van der Waals surface area (Å²) in [6, 6.07) is 23.1. The molecule has 1 heterocycles. The van der Waals surface area contributed by atoms with E-state index in [4.69, 9.17) is 9.47 Å². The fourth-order valence-electron chi connectivity index (χ4n) is 3.15. The van der Waals surface area contributed by atoms with Crippen molar-refractivity contribution < 1.29 is 19.1 Å². The van der Waals surface area contributed by atoms with Gasteiger partial charge in [0.15, 0.2) is 6.61 Å². The summed E-state index contributed by atoms with van der Waals surface area (Å²) in [4.78, 5) is 24.9. The number of hydrogen-bond acceptors (Lipinski definition) is 5. The van der Waals surface area contributed by atoms with Crippen LogP contribution >= 0.6 is 11.3 Å². The number of carbonyl (C=O) groups is 2. The molecule has 30 heavy (non-hydrogen) atoms. The molecule has 3 aromatic carbocycles. The van der Waals surface area contributed by atoms with E-state index in [1.54, 1.807) is 0 Å².